The number of hydrogen-bond acceptors (Lipinski definition) is 26. The lowest BCUT2D eigenvalue weighted by molar-refractivity contribution is -0.358. The van der Waals surface area contributed by atoms with Gasteiger partial charge in [0.05, 0.1) is 64.9 Å². The zero-order valence-corrected chi connectivity index (χ0v) is 35.9. The highest BCUT2D eigenvalue weighted by Crippen LogP contribution is 2.33. The molecule has 0 saturated carbocycles. The van der Waals surface area contributed by atoms with Gasteiger partial charge in [0.2, 0.25) is 17.7 Å². The second-order valence-corrected chi connectivity index (χ2v) is 15.9. The third-order valence-corrected chi connectivity index (χ3v) is 11.0. The van der Waals surface area contributed by atoms with Crippen molar-refractivity contribution >= 4 is 17.7 Å². The first-order valence-electron chi connectivity index (χ1n) is 20.9. The number of carbonyl (C=O) groups is 3. The van der Waals surface area contributed by atoms with Gasteiger partial charge in [-0.15, -0.1) is 0 Å². The van der Waals surface area contributed by atoms with E-state index in [1.807, 2.05) is 0 Å². The first-order chi connectivity index (χ1) is 30.8. The second kappa shape index (κ2) is 26.3. The van der Waals surface area contributed by atoms with E-state index in [2.05, 4.69) is 27.0 Å². The molecule has 0 spiro atoms. The van der Waals surface area contributed by atoms with Crippen molar-refractivity contribution < 1.29 is 114 Å². The average Bonchev–Trinajstić information content (AvgIpc) is 3.28. The second-order valence-electron chi connectivity index (χ2n) is 15.9. The molecule has 4 fully saturated rings. The molecule has 0 aromatic carbocycles. The molecule has 29 nitrogen and oxygen atoms in total. The lowest BCUT2D eigenvalue weighted by Gasteiger charge is -2.47. The van der Waals surface area contributed by atoms with Crippen LogP contribution in [0.15, 0.2) is 0 Å². The van der Waals surface area contributed by atoms with Gasteiger partial charge in [0.25, 0.3) is 0 Å². The minimum atomic E-state index is -1.84. The van der Waals surface area contributed by atoms with E-state index >= 15 is 0 Å². The average molecular weight is 951 g/mol. The van der Waals surface area contributed by atoms with Crippen LogP contribution in [0.1, 0.15) is 13.8 Å². The highest BCUT2D eigenvalue weighted by molar-refractivity contribution is 5.83. The summed E-state index contributed by atoms with van der Waals surface area (Å²) in [5, 5.41) is 125. The van der Waals surface area contributed by atoms with Crippen molar-refractivity contribution in [3.8, 4) is 0 Å². The number of aliphatic hydroxyl groups excluding tert-OH is 12. The molecule has 0 aromatic rings. The number of likely N-dealkylation sites (N-methyl/N-ethyl adjacent to an activating group) is 1. The summed E-state index contributed by atoms with van der Waals surface area (Å²) in [6, 6.07) is 0. The summed E-state index contributed by atoms with van der Waals surface area (Å²) in [6.45, 7) is -0.590. The molecule has 4 rings (SSSR count). The maximum atomic E-state index is 12.8. The van der Waals surface area contributed by atoms with Crippen LogP contribution in [0.4, 0.5) is 0 Å². The summed E-state index contributed by atoms with van der Waals surface area (Å²) in [5.74, 6) is -2.70. The fraction of sp³-hybridized carbons (Fsp3) is 0.917. The highest BCUT2D eigenvalue weighted by Gasteiger charge is 2.51. The molecule has 4 heterocycles. The van der Waals surface area contributed by atoms with Crippen LogP contribution in [0.25, 0.3) is 0 Å². The normalized spacial score (nSPS) is 40.1. The number of amides is 3. The zero-order valence-electron chi connectivity index (χ0n) is 35.9. The van der Waals surface area contributed by atoms with Gasteiger partial charge >= 0.3 is 0 Å². The molecule has 0 unspecified atom stereocenters. The van der Waals surface area contributed by atoms with Crippen molar-refractivity contribution in [2.45, 2.75) is 131 Å². The van der Waals surface area contributed by atoms with Crippen molar-refractivity contribution in [3.63, 3.8) is 0 Å². The SMILES string of the molecule is CNC(=O)CN(CC(=O)NNCCO[C@H]1O[C@H](CO[C@H]2O[C@H](CO)[C@@H](O)[C@H](O)[C@@H]2O)[C@@H](O)[C@H](O[C@H]2O[C@H](CO)[C@@H](O)[C@H](O)[C@@H]2O)[C@@H]1C)CC(=O)NNCCO[C@@H]1O[C@@H](C)[C@@H](O)[C@@H](O)[C@@H]1O. The maximum absolute atomic E-state index is 12.8. The monoisotopic (exact) mass is 950 g/mol. The molecule has 20 atom stereocenters. The van der Waals surface area contributed by atoms with E-state index in [0.717, 1.165) is 0 Å². The molecule has 378 valence electrons. The Morgan fingerprint density at radius 3 is 1.49 bits per heavy atom. The van der Waals surface area contributed by atoms with Crippen LogP contribution in [0.5, 0.6) is 0 Å². The molecule has 0 bridgehead atoms. The smallest absolute Gasteiger partial charge is 0.248 e. The molecule has 0 aromatic heterocycles. The summed E-state index contributed by atoms with van der Waals surface area (Å²) in [6.07, 6.45) is -28.4. The van der Waals surface area contributed by atoms with Crippen LogP contribution in [-0.2, 0) is 52.3 Å². The number of rotatable bonds is 23. The summed E-state index contributed by atoms with van der Waals surface area (Å²) >= 11 is 0. The lowest BCUT2D eigenvalue weighted by atomic mass is 9.91. The van der Waals surface area contributed by atoms with E-state index < -0.39 is 173 Å². The highest BCUT2D eigenvalue weighted by atomic mass is 16.7. The molecule has 4 aliphatic rings. The molecule has 0 radical (unpaired) electrons. The first-order valence-corrected chi connectivity index (χ1v) is 20.9. The van der Waals surface area contributed by atoms with E-state index in [4.69, 9.17) is 37.9 Å². The number of ether oxygens (including phenoxy) is 8. The predicted octanol–water partition coefficient (Wildman–Crippen LogP) is -11.1. The van der Waals surface area contributed by atoms with Crippen molar-refractivity contribution in [3.05, 3.63) is 0 Å². The van der Waals surface area contributed by atoms with Crippen molar-refractivity contribution in [1.82, 2.24) is 31.9 Å². The topological polar surface area (TPSA) is 431 Å². The Hall–Kier alpha value is -2.51. The minimum absolute atomic E-state index is 0.0149. The van der Waals surface area contributed by atoms with Crippen LogP contribution < -0.4 is 27.0 Å². The van der Waals surface area contributed by atoms with E-state index in [0.29, 0.717) is 0 Å². The Bertz CT molecular complexity index is 1460. The zero-order chi connectivity index (χ0) is 48.1. The van der Waals surface area contributed by atoms with Crippen molar-refractivity contribution in [1.29, 1.82) is 0 Å². The molecule has 4 saturated heterocycles. The number of nitrogens with zero attached hydrogens (tertiary/aromatic N) is 1. The molecule has 0 aliphatic carbocycles. The van der Waals surface area contributed by atoms with Crippen LogP contribution in [0.3, 0.4) is 0 Å². The molecule has 4 aliphatic heterocycles. The molecule has 29 heteroatoms. The third-order valence-electron chi connectivity index (χ3n) is 11.0. The quantitative estimate of drug-likeness (QED) is 0.0334. The van der Waals surface area contributed by atoms with E-state index in [9.17, 15) is 75.7 Å². The van der Waals surface area contributed by atoms with Crippen LogP contribution in [0.2, 0.25) is 0 Å². The first kappa shape index (κ1) is 55.1. The minimum Gasteiger partial charge on any atom is -0.394 e. The van der Waals surface area contributed by atoms with Crippen LogP contribution in [0, 0.1) is 5.92 Å². The number of aliphatic hydroxyl groups is 12. The summed E-state index contributed by atoms with van der Waals surface area (Å²) in [4.78, 5) is 38.9. The van der Waals surface area contributed by atoms with E-state index in [1.165, 1.54) is 25.8 Å². The van der Waals surface area contributed by atoms with Crippen molar-refractivity contribution in [2.75, 3.05) is 72.8 Å². The summed E-state index contributed by atoms with van der Waals surface area (Å²) in [7, 11) is 1.37. The standard InChI is InChI=1S/C36H66N6O23/c1-14-32(65-36-31(57)28(54)24(50)17(12-44)63-36)25(51)18(13-60-35-30(56)27(53)23(49)16(11-43)62-35)64-33(14)58-6-4-38-40-20(46)9-42(8-19(45)37-3)10-21(47)41-39-5-7-59-34-29(55)26(52)22(48)15(2)61-34/h14-18,22-36,38-39,43-44,48-57H,4-13H2,1-3H3,(H,37,45)(H,40,46)(H,41,47)/t14-,15-,16+,17+,18+,22+,23+,24+,25+,26+,27-,28-,29-,30-,31-,32+,33-,34+,35-,36+/m0/s1. The fourth-order valence-electron chi connectivity index (χ4n) is 7.18. The van der Waals surface area contributed by atoms with Gasteiger partial charge in [-0.2, -0.15) is 0 Å². The van der Waals surface area contributed by atoms with Crippen molar-refractivity contribution in [2.24, 2.45) is 5.92 Å². The summed E-state index contributed by atoms with van der Waals surface area (Å²) in [5.41, 5.74) is 10.0. The van der Waals surface area contributed by atoms with Gasteiger partial charge in [0, 0.05) is 26.1 Å². The van der Waals surface area contributed by atoms with Crippen LogP contribution in [-0.4, -0.2) is 273 Å². The van der Waals surface area contributed by atoms with Crippen LogP contribution >= 0.6 is 0 Å². The Labute approximate surface area is 372 Å². The number of carbonyl (C=O) groups excluding carboxylic acids is 3. The third kappa shape index (κ3) is 15.0. The largest absolute Gasteiger partial charge is 0.394 e. The Kier molecular flexibility index (Phi) is 22.3. The van der Waals surface area contributed by atoms with Gasteiger partial charge in [0.1, 0.15) is 79.4 Å². The molecule has 17 N–H and O–H groups in total. The Balaban J connectivity index is 1.28. The fourth-order valence-corrected chi connectivity index (χ4v) is 7.18. The molecule has 65 heavy (non-hydrogen) atoms. The molecular weight excluding hydrogens is 884 g/mol. The number of nitrogens with one attached hydrogen (secondary N) is 5. The Morgan fingerprint density at radius 2 is 0.969 bits per heavy atom. The predicted molar refractivity (Wildman–Crippen MR) is 209 cm³/mol. The van der Waals surface area contributed by atoms with E-state index in [1.54, 1.807) is 0 Å². The molecule has 3 amide bonds. The van der Waals surface area contributed by atoms with Gasteiger partial charge in [0.15, 0.2) is 25.2 Å². The Morgan fingerprint density at radius 1 is 0.523 bits per heavy atom. The van der Waals surface area contributed by atoms with Gasteiger partial charge in [-0.05, 0) is 6.92 Å². The van der Waals surface area contributed by atoms with Gasteiger partial charge in [-0.25, -0.2) is 10.9 Å². The number of hydrogen-bond donors (Lipinski definition) is 17. The summed E-state index contributed by atoms with van der Waals surface area (Å²) < 4.78 is 44.9. The number of hydrazine groups is 2. The van der Waals surface area contributed by atoms with Gasteiger partial charge in [-0.1, -0.05) is 6.92 Å². The van der Waals surface area contributed by atoms with Gasteiger partial charge in [-0.3, -0.25) is 30.1 Å². The lowest BCUT2D eigenvalue weighted by Crippen LogP contribution is -2.63. The van der Waals surface area contributed by atoms with E-state index in [-0.39, 0.29) is 32.8 Å². The molecular formula is C36H66N6O23. The van der Waals surface area contributed by atoms with Gasteiger partial charge < -0.3 is 104 Å². The maximum Gasteiger partial charge on any atom is 0.248 e.